The largest absolute Gasteiger partial charge is 0.478 e. The molecule has 0 aromatic carbocycles. The standard InChI is InChI=1S/C21H37N3O4/c1-13(2)16(12-14(3)20(27)28)24(7)19(26)17(21(4,5)6)23-18(25)15-8-10-22-11-9-15/h12-13,15-17,22H,8-11H2,1-7H3,(H,23,25)(H,27,28)/b14-12+/t16-,17?/m1/s1. The SMILES string of the molecule is C/C(=C\[C@H](C(C)C)N(C)C(=O)C(NC(=O)C1CCNCC1)C(C)(C)C)C(=O)O. The van der Waals surface area contributed by atoms with Gasteiger partial charge in [0.05, 0.1) is 6.04 Å². The van der Waals surface area contributed by atoms with Gasteiger partial charge in [0.15, 0.2) is 0 Å². The van der Waals surface area contributed by atoms with Crippen LogP contribution in [0.25, 0.3) is 0 Å². The van der Waals surface area contributed by atoms with Crippen molar-refractivity contribution in [2.75, 3.05) is 20.1 Å². The molecule has 0 radical (unpaired) electrons. The van der Waals surface area contributed by atoms with E-state index in [-0.39, 0.29) is 35.3 Å². The fourth-order valence-corrected chi connectivity index (χ4v) is 3.42. The molecule has 7 nitrogen and oxygen atoms in total. The van der Waals surface area contributed by atoms with Crippen LogP contribution in [-0.2, 0) is 14.4 Å². The molecular formula is C21H37N3O4. The lowest BCUT2D eigenvalue weighted by Gasteiger charge is -2.38. The number of piperidine rings is 1. The molecule has 0 aromatic rings. The molecule has 0 aliphatic carbocycles. The van der Waals surface area contributed by atoms with Crippen LogP contribution >= 0.6 is 0 Å². The van der Waals surface area contributed by atoms with Crippen molar-refractivity contribution in [1.29, 1.82) is 0 Å². The van der Waals surface area contributed by atoms with Gasteiger partial charge in [-0.2, -0.15) is 0 Å². The molecule has 1 aliphatic rings. The predicted octanol–water partition coefficient (Wildman–Crippen LogP) is 2.03. The third-order valence-electron chi connectivity index (χ3n) is 5.35. The van der Waals surface area contributed by atoms with E-state index in [9.17, 15) is 19.5 Å². The molecule has 28 heavy (non-hydrogen) atoms. The van der Waals surface area contributed by atoms with Crippen molar-refractivity contribution in [1.82, 2.24) is 15.5 Å². The Kier molecular flexibility index (Phi) is 8.67. The first-order chi connectivity index (χ1) is 12.9. The molecule has 1 unspecified atom stereocenters. The van der Waals surface area contributed by atoms with Gasteiger partial charge in [0.2, 0.25) is 11.8 Å². The van der Waals surface area contributed by atoms with Crippen molar-refractivity contribution in [2.24, 2.45) is 17.3 Å². The van der Waals surface area contributed by atoms with Gasteiger partial charge in [-0.05, 0) is 44.2 Å². The summed E-state index contributed by atoms with van der Waals surface area (Å²) in [6, 6.07) is -1.05. The second kappa shape index (κ2) is 10.0. The molecule has 7 heteroatoms. The monoisotopic (exact) mass is 395 g/mol. The van der Waals surface area contributed by atoms with Crippen LogP contribution < -0.4 is 10.6 Å². The van der Waals surface area contributed by atoms with Crippen LogP contribution in [0.4, 0.5) is 0 Å². The van der Waals surface area contributed by atoms with E-state index in [1.807, 2.05) is 34.6 Å². The lowest BCUT2D eigenvalue weighted by atomic mass is 9.84. The number of likely N-dealkylation sites (N-methyl/N-ethyl adjacent to an activating group) is 1. The number of carboxylic acid groups (broad SMARTS) is 1. The highest BCUT2D eigenvalue weighted by molar-refractivity contribution is 5.90. The number of hydrogen-bond acceptors (Lipinski definition) is 4. The minimum Gasteiger partial charge on any atom is -0.478 e. The minimum atomic E-state index is -1.00. The van der Waals surface area contributed by atoms with Crippen molar-refractivity contribution in [3.8, 4) is 0 Å². The van der Waals surface area contributed by atoms with E-state index in [0.29, 0.717) is 0 Å². The second-order valence-corrected chi connectivity index (χ2v) is 9.17. The zero-order valence-electron chi connectivity index (χ0n) is 18.3. The second-order valence-electron chi connectivity index (χ2n) is 9.17. The van der Waals surface area contributed by atoms with Gasteiger partial charge >= 0.3 is 5.97 Å². The van der Waals surface area contributed by atoms with E-state index in [1.54, 1.807) is 18.0 Å². The maximum Gasteiger partial charge on any atom is 0.331 e. The molecule has 1 rings (SSSR count). The lowest BCUT2D eigenvalue weighted by molar-refractivity contribution is -0.141. The molecule has 1 aliphatic heterocycles. The average molecular weight is 396 g/mol. The predicted molar refractivity (Wildman–Crippen MR) is 110 cm³/mol. The Balaban J connectivity index is 3.05. The van der Waals surface area contributed by atoms with Crippen molar-refractivity contribution in [2.45, 2.75) is 66.5 Å². The van der Waals surface area contributed by atoms with Crippen LogP contribution in [-0.4, -0.2) is 60.0 Å². The van der Waals surface area contributed by atoms with Gasteiger partial charge in [0.1, 0.15) is 6.04 Å². The smallest absolute Gasteiger partial charge is 0.331 e. The summed E-state index contributed by atoms with van der Waals surface area (Å²) in [5.41, 5.74) is -0.273. The minimum absolute atomic E-state index is 0.0315. The molecule has 3 N–H and O–H groups in total. The number of aliphatic carboxylic acids is 1. The summed E-state index contributed by atoms with van der Waals surface area (Å²) in [5, 5.41) is 15.4. The van der Waals surface area contributed by atoms with Crippen molar-refractivity contribution in [3.05, 3.63) is 11.6 Å². The van der Waals surface area contributed by atoms with Crippen LogP contribution in [0.5, 0.6) is 0 Å². The normalized spacial score (nSPS) is 18.5. The molecule has 2 amide bonds. The van der Waals surface area contributed by atoms with Gasteiger partial charge in [-0.1, -0.05) is 40.7 Å². The van der Waals surface area contributed by atoms with Gasteiger partial charge in [-0.15, -0.1) is 0 Å². The van der Waals surface area contributed by atoms with Gasteiger partial charge in [0.25, 0.3) is 0 Å². The Hall–Kier alpha value is -1.89. The lowest BCUT2D eigenvalue weighted by Crippen LogP contribution is -2.57. The fraction of sp³-hybridized carbons (Fsp3) is 0.762. The molecular weight excluding hydrogens is 358 g/mol. The van der Waals surface area contributed by atoms with E-state index < -0.39 is 17.4 Å². The van der Waals surface area contributed by atoms with Gasteiger partial charge in [-0.25, -0.2) is 4.79 Å². The van der Waals surface area contributed by atoms with Crippen molar-refractivity contribution in [3.63, 3.8) is 0 Å². The molecule has 1 heterocycles. The Morgan fingerprint density at radius 1 is 1.18 bits per heavy atom. The van der Waals surface area contributed by atoms with Gasteiger partial charge in [-0.3, -0.25) is 9.59 Å². The molecule has 2 atom stereocenters. The molecule has 0 spiro atoms. The number of amides is 2. The summed E-state index contributed by atoms with van der Waals surface area (Å²) in [6.45, 7) is 12.8. The molecule has 1 fully saturated rings. The highest BCUT2D eigenvalue weighted by Crippen LogP contribution is 2.24. The zero-order valence-corrected chi connectivity index (χ0v) is 18.3. The molecule has 0 bridgehead atoms. The highest BCUT2D eigenvalue weighted by Gasteiger charge is 2.38. The van der Waals surface area contributed by atoms with Crippen LogP contribution in [0.1, 0.15) is 54.4 Å². The van der Waals surface area contributed by atoms with E-state index in [1.165, 1.54) is 6.92 Å². The number of carbonyl (C=O) groups is 3. The van der Waals surface area contributed by atoms with Crippen LogP contribution in [0, 0.1) is 17.3 Å². The first-order valence-corrected chi connectivity index (χ1v) is 10.1. The Labute approximate surface area is 168 Å². The van der Waals surface area contributed by atoms with Gasteiger partial charge in [0, 0.05) is 18.5 Å². The van der Waals surface area contributed by atoms with Crippen molar-refractivity contribution < 1.29 is 19.5 Å². The summed E-state index contributed by atoms with van der Waals surface area (Å²) in [5.74, 6) is -1.34. The number of nitrogens with one attached hydrogen (secondary N) is 2. The quantitative estimate of drug-likeness (QED) is 0.573. The summed E-state index contributed by atoms with van der Waals surface area (Å²) in [4.78, 5) is 38.9. The summed E-state index contributed by atoms with van der Waals surface area (Å²) in [7, 11) is 1.67. The number of rotatable bonds is 7. The molecule has 0 aromatic heterocycles. The van der Waals surface area contributed by atoms with Crippen LogP contribution in [0.15, 0.2) is 11.6 Å². The third-order valence-corrected chi connectivity index (χ3v) is 5.35. The maximum absolute atomic E-state index is 13.3. The first kappa shape index (κ1) is 24.1. The van der Waals surface area contributed by atoms with E-state index in [2.05, 4.69) is 10.6 Å². The maximum atomic E-state index is 13.3. The summed E-state index contributed by atoms with van der Waals surface area (Å²) in [6.07, 6.45) is 3.14. The topological polar surface area (TPSA) is 98.7 Å². The highest BCUT2D eigenvalue weighted by atomic mass is 16.4. The number of nitrogens with zero attached hydrogens (tertiary/aromatic N) is 1. The zero-order chi connectivity index (χ0) is 21.6. The van der Waals surface area contributed by atoms with Crippen LogP contribution in [0.3, 0.4) is 0 Å². The van der Waals surface area contributed by atoms with Crippen molar-refractivity contribution >= 4 is 17.8 Å². The average Bonchev–Trinajstić information content (AvgIpc) is 2.61. The number of carbonyl (C=O) groups excluding carboxylic acids is 2. The summed E-state index contributed by atoms with van der Waals surface area (Å²) < 4.78 is 0. The molecule has 0 saturated carbocycles. The van der Waals surface area contributed by atoms with E-state index in [0.717, 1.165) is 25.9 Å². The number of carboxylic acids is 1. The van der Waals surface area contributed by atoms with E-state index in [4.69, 9.17) is 0 Å². The van der Waals surface area contributed by atoms with Crippen LogP contribution in [0.2, 0.25) is 0 Å². The number of hydrogen-bond donors (Lipinski definition) is 3. The summed E-state index contributed by atoms with van der Waals surface area (Å²) >= 11 is 0. The van der Waals surface area contributed by atoms with E-state index >= 15 is 0 Å². The third kappa shape index (κ3) is 6.62. The van der Waals surface area contributed by atoms with Gasteiger partial charge < -0.3 is 20.6 Å². The fourth-order valence-electron chi connectivity index (χ4n) is 3.42. The Bertz CT molecular complexity index is 601. The Morgan fingerprint density at radius 2 is 1.71 bits per heavy atom. The Morgan fingerprint density at radius 3 is 2.14 bits per heavy atom. The molecule has 1 saturated heterocycles. The first-order valence-electron chi connectivity index (χ1n) is 10.1. The molecule has 160 valence electrons.